The van der Waals surface area contributed by atoms with Gasteiger partial charge in [0.15, 0.2) is 0 Å². The van der Waals surface area contributed by atoms with Crippen molar-refractivity contribution in [3.05, 3.63) is 35.9 Å². The normalized spacial score (nSPS) is 20.6. The number of rotatable bonds is 6. The molecule has 0 spiro atoms. The molecule has 1 aromatic carbocycles. The fourth-order valence-corrected chi connectivity index (χ4v) is 2.86. The number of carbonyl (C=O) groups excluding carboxylic acids is 2. The van der Waals surface area contributed by atoms with Gasteiger partial charge in [0.2, 0.25) is 0 Å². The lowest BCUT2D eigenvalue weighted by molar-refractivity contribution is -0.153. The van der Waals surface area contributed by atoms with E-state index in [1.54, 1.807) is 13.8 Å². The number of nitrogens with zero attached hydrogens (tertiary/aromatic N) is 1. The minimum absolute atomic E-state index is 0. The van der Waals surface area contributed by atoms with Gasteiger partial charge in [-0.2, -0.15) is 0 Å². The molecule has 0 bridgehead atoms. The Morgan fingerprint density at radius 3 is 1.91 bits per heavy atom. The van der Waals surface area contributed by atoms with Crippen molar-refractivity contribution in [2.45, 2.75) is 45.3 Å². The Balaban J connectivity index is 0.00000264. The molecule has 2 rings (SSSR count). The SMILES string of the molecule is CCOC(=O)[C@H]1CC[C@@H](C(=O)OCC)N1Cc1ccccc1.Cl. The molecule has 2 atom stereocenters. The van der Waals surface area contributed by atoms with Gasteiger partial charge >= 0.3 is 11.9 Å². The van der Waals surface area contributed by atoms with E-state index in [4.69, 9.17) is 9.47 Å². The van der Waals surface area contributed by atoms with Crippen molar-refractivity contribution in [3.8, 4) is 0 Å². The van der Waals surface area contributed by atoms with Gasteiger partial charge in [0, 0.05) is 6.54 Å². The van der Waals surface area contributed by atoms with Crippen molar-refractivity contribution in [1.82, 2.24) is 4.90 Å². The maximum Gasteiger partial charge on any atom is 0.323 e. The smallest absolute Gasteiger partial charge is 0.323 e. The van der Waals surface area contributed by atoms with Crippen LogP contribution in [0.4, 0.5) is 0 Å². The largest absolute Gasteiger partial charge is 0.465 e. The summed E-state index contributed by atoms with van der Waals surface area (Å²) in [5.41, 5.74) is 1.06. The standard InChI is InChI=1S/C17H23NO4.ClH/c1-3-21-16(19)14-10-11-15(17(20)22-4-2)18(14)12-13-8-6-5-7-9-13;/h5-9,14-15H,3-4,10-12H2,1-2H3;1H/t14-,15+;. The van der Waals surface area contributed by atoms with Gasteiger partial charge in [-0.3, -0.25) is 14.5 Å². The first-order valence-electron chi connectivity index (χ1n) is 7.80. The van der Waals surface area contributed by atoms with E-state index in [1.807, 2.05) is 35.2 Å². The Morgan fingerprint density at radius 1 is 1.00 bits per heavy atom. The molecule has 0 unspecified atom stereocenters. The second-order valence-corrected chi connectivity index (χ2v) is 5.27. The minimum atomic E-state index is -0.380. The quantitative estimate of drug-likeness (QED) is 0.744. The number of carbonyl (C=O) groups is 2. The van der Waals surface area contributed by atoms with Gasteiger partial charge in [0.05, 0.1) is 13.2 Å². The Morgan fingerprint density at radius 2 is 1.48 bits per heavy atom. The number of likely N-dealkylation sites (tertiary alicyclic amines) is 1. The maximum absolute atomic E-state index is 12.2. The molecular formula is C17H24ClNO4. The first-order chi connectivity index (χ1) is 10.7. The molecule has 0 saturated carbocycles. The van der Waals surface area contributed by atoms with Crippen molar-refractivity contribution < 1.29 is 19.1 Å². The Hall–Kier alpha value is -1.59. The highest BCUT2D eigenvalue weighted by Crippen LogP contribution is 2.28. The first-order valence-corrected chi connectivity index (χ1v) is 7.80. The zero-order chi connectivity index (χ0) is 15.9. The molecule has 5 nitrogen and oxygen atoms in total. The molecule has 23 heavy (non-hydrogen) atoms. The molecule has 0 N–H and O–H groups in total. The fraction of sp³-hybridized carbons (Fsp3) is 0.529. The summed E-state index contributed by atoms with van der Waals surface area (Å²) < 4.78 is 10.3. The summed E-state index contributed by atoms with van der Waals surface area (Å²) in [4.78, 5) is 26.2. The van der Waals surface area contributed by atoms with Crippen molar-refractivity contribution in [2.24, 2.45) is 0 Å². The molecule has 1 aliphatic heterocycles. The van der Waals surface area contributed by atoms with E-state index < -0.39 is 0 Å². The van der Waals surface area contributed by atoms with Crippen LogP contribution in [0.25, 0.3) is 0 Å². The maximum atomic E-state index is 12.2. The van der Waals surface area contributed by atoms with Crippen molar-refractivity contribution in [1.29, 1.82) is 0 Å². The van der Waals surface area contributed by atoms with Crippen LogP contribution in [0, 0.1) is 0 Å². The Labute approximate surface area is 143 Å². The zero-order valence-corrected chi connectivity index (χ0v) is 14.4. The minimum Gasteiger partial charge on any atom is -0.465 e. The van der Waals surface area contributed by atoms with E-state index in [9.17, 15) is 9.59 Å². The van der Waals surface area contributed by atoms with E-state index in [2.05, 4.69) is 0 Å². The molecule has 0 radical (unpaired) electrons. The Kier molecular flexibility index (Phi) is 8.06. The molecule has 1 heterocycles. The zero-order valence-electron chi connectivity index (χ0n) is 13.6. The molecule has 0 amide bonds. The summed E-state index contributed by atoms with van der Waals surface area (Å²) in [6, 6.07) is 9.06. The molecule has 1 aromatic rings. The van der Waals surface area contributed by atoms with Gasteiger partial charge in [-0.25, -0.2) is 0 Å². The molecule has 1 saturated heterocycles. The summed E-state index contributed by atoms with van der Waals surface area (Å²) in [6.45, 7) is 4.80. The monoisotopic (exact) mass is 341 g/mol. The lowest BCUT2D eigenvalue weighted by Crippen LogP contribution is -2.44. The van der Waals surface area contributed by atoms with Gasteiger partial charge in [-0.1, -0.05) is 30.3 Å². The van der Waals surface area contributed by atoms with Crippen LogP contribution in [0.5, 0.6) is 0 Å². The third kappa shape index (κ3) is 4.94. The number of hydrogen-bond acceptors (Lipinski definition) is 5. The number of benzene rings is 1. The number of hydrogen-bond donors (Lipinski definition) is 0. The van der Waals surface area contributed by atoms with Crippen molar-refractivity contribution in [3.63, 3.8) is 0 Å². The summed E-state index contributed by atoms with van der Waals surface area (Å²) in [6.07, 6.45) is 1.24. The number of halogens is 1. The molecule has 1 fully saturated rings. The summed E-state index contributed by atoms with van der Waals surface area (Å²) in [5, 5.41) is 0. The summed E-state index contributed by atoms with van der Waals surface area (Å²) >= 11 is 0. The highest BCUT2D eigenvalue weighted by Gasteiger charge is 2.42. The van der Waals surface area contributed by atoms with E-state index in [-0.39, 0.29) is 36.4 Å². The third-order valence-corrected chi connectivity index (χ3v) is 3.84. The highest BCUT2D eigenvalue weighted by molar-refractivity contribution is 5.85. The van der Waals surface area contributed by atoms with Crippen LogP contribution in [-0.2, 0) is 25.6 Å². The van der Waals surface area contributed by atoms with Crippen LogP contribution in [0.3, 0.4) is 0 Å². The van der Waals surface area contributed by atoms with Crippen molar-refractivity contribution >= 4 is 24.3 Å². The van der Waals surface area contributed by atoms with Gasteiger partial charge in [-0.15, -0.1) is 12.4 Å². The van der Waals surface area contributed by atoms with Crippen LogP contribution in [0.15, 0.2) is 30.3 Å². The topological polar surface area (TPSA) is 55.8 Å². The van der Waals surface area contributed by atoms with E-state index in [0.29, 0.717) is 32.6 Å². The van der Waals surface area contributed by atoms with Crippen molar-refractivity contribution in [2.75, 3.05) is 13.2 Å². The van der Waals surface area contributed by atoms with Crippen LogP contribution in [0.1, 0.15) is 32.3 Å². The van der Waals surface area contributed by atoms with Crippen LogP contribution in [0.2, 0.25) is 0 Å². The average molecular weight is 342 g/mol. The fourth-order valence-electron chi connectivity index (χ4n) is 2.86. The molecule has 128 valence electrons. The van der Waals surface area contributed by atoms with Gasteiger partial charge in [-0.05, 0) is 32.3 Å². The third-order valence-electron chi connectivity index (χ3n) is 3.84. The summed E-state index contributed by atoms with van der Waals surface area (Å²) in [7, 11) is 0. The van der Waals surface area contributed by atoms with E-state index >= 15 is 0 Å². The molecule has 6 heteroatoms. The molecule has 1 aliphatic rings. The second-order valence-electron chi connectivity index (χ2n) is 5.27. The summed E-state index contributed by atoms with van der Waals surface area (Å²) in [5.74, 6) is -0.518. The van der Waals surface area contributed by atoms with Gasteiger partial charge in [0.1, 0.15) is 12.1 Å². The number of esters is 2. The predicted octanol–water partition coefficient (Wildman–Crippen LogP) is 2.57. The second kappa shape index (κ2) is 9.53. The Bertz CT molecular complexity index is 483. The van der Waals surface area contributed by atoms with Gasteiger partial charge in [0.25, 0.3) is 0 Å². The van der Waals surface area contributed by atoms with Crippen LogP contribution < -0.4 is 0 Å². The van der Waals surface area contributed by atoms with Crippen LogP contribution >= 0.6 is 12.4 Å². The average Bonchev–Trinajstić information content (AvgIpc) is 2.92. The highest BCUT2D eigenvalue weighted by atomic mass is 35.5. The predicted molar refractivity (Wildman–Crippen MR) is 89.3 cm³/mol. The molecule has 0 aliphatic carbocycles. The molecular weight excluding hydrogens is 318 g/mol. The van der Waals surface area contributed by atoms with Gasteiger partial charge < -0.3 is 9.47 Å². The lowest BCUT2D eigenvalue weighted by Gasteiger charge is -2.27. The van der Waals surface area contributed by atoms with Crippen LogP contribution in [-0.4, -0.2) is 42.1 Å². The number of ether oxygens (including phenoxy) is 2. The lowest BCUT2D eigenvalue weighted by atomic mass is 10.2. The van der Waals surface area contributed by atoms with E-state index in [1.165, 1.54) is 0 Å². The first kappa shape index (κ1) is 19.5. The molecule has 0 aromatic heterocycles. The van der Waals surface area contributed by atoms with E-state index in [0.717, 1.165) is 5.56 Å².